The Balaban J connectivity index is 1.49. The molecule has 31 heavy (non-hydrogen) atoms. The average Bonchev–Trinajstić information content (AvgIpc) is 2.78. The lowest BCUT2D eigenvalue weighted by Crippen LogP contribution is -2.32. The lowest BCUT2D eigenvalue weighted by atomic mass is 9.93. The van der Waals surface area contributed by atoms with Crippen LogP contribution in [0, 0.1) is 23.4 Å². The van der Waals surface area contributed by atoms with Crippen molar-refractivity contribution in [3.8, 4) is 11.5 Å². The first-order chi connectivity index (χ1) is 15.0. The number of hydrogen-bond acceptors (Lipinski definition) is 3. The zero-order chi connectivity index (χ0) is 22.0. The largest absolute Gasteiger partial charge is 0.450 e. The molecule has 4 rings (SSSR count). The molecule has 2 aliphatic heterocycles. The number of rotatable bonds is 7. The van der Waals surface area contributed by atoms with E-state index >= 15 is 0 Å². The maximum absolute atomic E-state index is 14.8. The molecular formula is C25H29F3O3. The summed E-state index contributed by atoms with van der Waals surface area (Å²) in [5.74, 6) is -2.48. The third-order valence-corrected chi connectivity index (χ3v) is 6.06. The Labute approximate surface area is 181 Å². The molecule has 0 unspecified atom stereocenters. The van der Waals surface area contributed by atoms with Crippen molar-refractivity contribution in [1.82, 2.24) is 0 Å². The molecule has 0 bridgehead atoms. The molecule has 2 aliphatic rings. The fourth-order valence-corrected chi connectivity index (χ4v) is 4.31. The number of ether oxygens (including phenoxy) is 3. The van der Waals surface area contributed by atoms with Gasteiger partial charge in [-0.3, -0.25) is 0 Å². The first-order valence-corrected chi connectivity index (χ1v) is 11.2. The van der Waals surface area contributed by atoms with Crippen molar-refractivity contribution in [2.45, 2.75) is 65.1 Å². The molecule has 168 valence electrons. The summed E-state index contributed by atoms with van der Waals surface area (Å²) in [4.78, 5) is 0. The predicted octanol–water partition coefficient (Wildman–Crippen LogP) is 6.47. The van der Waals surface area contributed by atoms with Crippen molar-refractivity contribution in [3.05, 3.63) is 57.9 Å². The summed E-state index contributed by atoms with van der Waals surface area (Å²) >= 11 is 0. The maximum atomic E-state index is 14.8. The minimum absolute atomic E-state index is 0.0163. The van der Waals surface area contributed by atoms with Crippen LogP contribution in [-0.2, 0) is 28.7 Å². The second-order valence-electron chi connectivity index (χ2n) is 8.50. The summed E-state index contributed by atoms with van der Waals surface area (Å²) < 4.78 is 61.4. The van der Waals surface area contributed by atoms with Crippen molar-refractivity contribution >= 4 is 0 Å². The Morgan fingerprint density at radius 1 is 0.806 bits per heavy atom. The molecule has 1 saturated heterocycles. The maximum Gasteiger partial charge on any atom is 0.201 e. The molecule has 0 N–H and O–H groups in total. The highest BCUT2D eigenvalue weighted by Crippen LogP contribution is 2.42. The quantitative estimate of drug-likeness (QED) is 0.426. The van der Waals surface area contributed by atoms with E-state index in [-0.39, 0.29) is 23.7 Å². The number of benzene rings is 2. The van der Waals surface area contributed by atoms with Crippen LogP contribution in [0.5, 0.6) is 11.5 Å². The number of aryl methyl sites for hydroxylation is 2. The van der Waals surface area contributed by atoms with Gasteiger partial charge in [-0.05, 0) is 42.9 Å². The fraction of sp³-hybridized carbons (Fsp3) is 0.520. The minimum atomic E-state index is -1.04. The van der Waals surface area contributed by atoms with E-state index in [2.05, 4.69) is 6.92 Å². The molecular weight excluding hydrogens is 405 g/mol. The first kappa shape index (κ1) is 22.2. The third kappa shape index (κ3) is 4.60. The Hall–Kier alpha value is -2.05. The average molecular weight is 434 g/mol. The molecule has 2 aromatic carbocycles. The Kier molecular flexibility index (Phi) is 6.87. The van der Waals surface area contributed by atoms with Gasteiger partial charge in [0.1, 0.15) is 0 Å². The standard InChI is InChI=1S/C25H29F3O3/c1-3-5-16-9-10-18-12-19-11-17(8-7-15-13-29-20(6-4-2)30-14-15)21(26)23(28)25(19)31-24(18)22(16)27/h9-11,15,20H,3-8,12-14H2,1-2H3. The van der Waals surface area contributed by atoms with Crippen LogP contribution in [0.15, 0.2) is 18.2 Å². The van der Waals surface area contributed by atoms with Gasteiger partial charge in [0.05, 0.1) is 13.2 Å². The topological polar surface area (TPSA) is 27.7 Å². The van der Waals surface area contributed by atoms with Crippen LogP contribution >= 0.6 is 0 Å². The van der Waals surface area contributed by atoms with Gasteiger partial charge in [0.2, 0.25) is 5.82 Å². The molecule has 0 saturated carbocycles. The van der Waals surface area contributed by atoms with Gasteiger partial charge >= 0.3 is 0 Å². The van der Waals surface area contributed by atoms with Gasteiger partial charge in [-0.2, -0.15) is 4.39 Å². The third-order valence-electron chi connectivity index (χ3n) is 6.06. The van der Waals surface area contributed by atoms with E-state index in [1.165, 1.54) is 0 Å². The van der Waals surface area contributed by atoms with Gasteiger partial charge in [0.15, 0.2) is 29.4 Å². The van der Waals surface area contributed by atoms with Crippen LogP contribution in [0.1, 0.15) is 61.8 Å². The van der Waals surface area contributed by atoms with Gasteiger partial charge in [0.25, 0.3) is 0 Å². The summed E-state index contributed by atoms with van der Waals surface area (Å²) in [5.41, 5.74) is 2.03. The molecule has 0 aliphatic carbocycles. The van der Waals surface area contributed by atoms with Crippen LogP contribution in [-0.4, -0.2) is 19.5 Å². The molecule has 1 fully saturated rings. The van der Waals surface area contributed by atoms with E-state index in [4.69, 9.17) is 14.2 Å². The fourth-order valence-electron chi connectivity index (χ4n) is 4.31. The first-order valence-electron chi connectivity index (χ1n) is 11.2. The molecule has 0 spiro atoms. The number of hydrogen-bond donors (Lipinski definition) is 0. The highest BCUT2D eigenvalue weighted by atomic mass is 19.2. The molecule has 0 radical (unpaired) electrons. The SMILES string of the molecule is CCCc1ccc2c(c1F)Oc1c(cc(CCC3COC(CCC)OC3)c(F)c1F)C2. The normalized spacial score (nSPS) is 20.2. The monoisotopic (exact) mass is 434 g/mol. The summed E-state index contributed by atoms with van der Waals surface area (Å²) in [6.45, 7) is 5.17. The highest BCUT2D eigenvalue weighted by Gasteiger charge is 2.29. The van der Waals surface area contributed by atoms with Crippen molar-refractivity contribution in [1.29, 1.82) is 0 Å². The summed E-state index contributed by atoms with van der Waals surface area (Å²) in [6.07, 6.45) is 4.38. The molecule has 3 nitrogen and oxygen atoms in total. The number of fused-ring (bicyclic) bond motifs is 2. The van der Waals surface area contributed by atoms with Gasteiger partial charge in [-0.25, -0.2) is 8.78 Å². The van der Waals surface area contributed by atoms with Gasteiger partial charge < -0.3 is 14.2 Å². The minimum Gasteiger partial charge on any atom is -0.450 e. The van der Waals surface area contributed by atoms with E-state index < -0.39 is 17.5 Å². The number of halogens is 3. The molecule has 0 atom stereocenters. The van der Waals surface area contributed by atoms with Crippen LogP contribution in [0.4, 0.5) is 13.2 Å². The van der Waals surface area contributed by atoms with E-state index in [1.54, 1.807) is 12.1 Å². The van der Waals surface area contributed by atoms with E-state index in [0.717, 1.165) is 19.3 Å². The predicted molar refractivity (Wildman–Crippen MR) is 112 cm³/mol. The summed E-state index contributed by atoms with van der Waals surface area (Å²) in [6, 6.07) is 5.22. The van der Waals surface area contributed by atoms with Crippen molar-refractivity contribution < 1.29 is 27.4 Å². The van der Waals surface area contributed by atoms with Crippen LogP contribution < -0.4 is 4.74 Å². The molecule has 6 heteroatoms. The van der Waals surface area contributed by atoms with Crippen molar-refractivity contribution in [3.63, 3.8) is 0 Å². The summed E-state index contributed by atoms with van der Waals surface area (Å²) in [5, 5.41) is 0. The second kappa shape index (κ2) is 9.61. The van der Waals surface area contributed by atoms with Crippen LogP contribution in [0.3, 0.4) is 0 Å². The van der Waals surface area contributed by atoms with Gasteiger partial charge in [-0.1, -0.05) is 38.8 Å². The van der Waals surface area contributed by atoms with E-state index in [1.807, 2.05) is 13.0 Å². The highest BCUT2D eigenvalue weighted by molar-refractivity contribution is 5.53. The Morgan fingerprint density at radius 3 is 2.26 bits per heavy atom. The van der Waals surface area contributed by atoms with Crippen molar-refractivity contribution in [2.24, 2.45) is 5.92 Å². The summed E-state index contributed by atoms with van der Waals surface area (Å²) in [7, 11) is 0. The smallest absolute Gasteiger partial charge is 0.201 e. The molecule has 0 amide bonds. The molecule has 2 heterocycles. The molecule has 2 aromatic rings. The van der Waals surface area contributed by atoms with Gasteiger partial charge in [-0.15, -0.1) is 0 Å². The van der Waals surface area contributed by atoms with Gasteiger partial charge in [0, 0.05) is 23.5 Å². The lowest BCUT2D eigenvalue weighted by molar-refractivity contribution is -0.203. The van der Waals surface area contributed by atoms with Crippen LogP contribution in [0.25, 0.3) is 0 Å². The van der Waals surface area contributed by atoms with Crippen LogP contribution in [0.2, 0.25) is 0 Å². The van der Waals surface area contributed by atoms with E-state index in [0.29, 0.717) is 61.2 Å². The van der Waals surface area contributed by atoms with E-state index in [9.17, 15) is 13.2 Å². The molecule has 0 aromatic heterocycles. The zero-order valence-electron chi connectivity index (χ0n) is 18.1. The van der Waals surface area contributed by atoms with Crippen molar-refractivity contribution in [2.75, 3.05) is 13.2 Å². The Morgan fingerprint density at radius 2 is 1.55 bits per heavy atom. The Bertz CT molecular complexity index is 936. The lowest BCUT2D eigenvalue weighted by Gasteiger charge is -2.29. The zero-order valence-corrected chi connectivity index (χ0v) is 18.1. The second-order valence-corrected chi connectivity index (χ2v) is 8.50.